The van der Waals surface area contributed by atoms with Crippen LogP contribution in [-0.4, -0.2) is 33.7 Å². The number of alkyl halides is 1. The van der Waals surface area contributed by atoms with Crippen LogP contribution < -0.4 is 5.43 Å². The number of aromatic nitrogens is 1. The van der Waals surface area contributed by atoms with Gasteiger partial charge in [0.05, 0.1) is 0 Å². The van der Waals surface area contributed by atoms with Gasteiger partial charge in [-0.05, 0) is 32.6 Å². The maximum absolute atomic E-state index is 12.5. The number of hydrogen-bond donors (Lipinski definition) is 1. The van der Waals surface area contributed by atoms with E-state index in [2.05, 4.69) is 20.9 Å². The van der Waals surface area contributed by atoms with Crippen molar-refractivity contribution in [1.82, 2.24) is 9.88 Å². The van der Waals surface area contributed by atoms with E-state index < -0.39 is 0 Å². The number of amides is 1. The van der Waals surface area contributed by atoms with Gasteiger partial charge in [0.2, 0.25) is 0 Å². The van der Waals surface area contributed by atoms with Gasteiger partial charge in [-0.25, -0.2) is 0 Å². The summed E-state index contributed by atoms with van der Waals surface area (Å²) in [5.41, 5.74) is 0.841. The SMILES string of the molecule is Cc1cc(=O)c(C(=O)N2CCCCC2CCBr)c[nH]1. The van der Waals surface area contributed by atoms with E-state index in [1.54, 1.807) is 6.20 Å². The minimum absolute atomic E-state index is 0.132. The van der Waals surface area contributed by atoms with Gasteiger partial charge in [0.25, 0.3) is 5.91 Å². The van der Waals surface area contributed by atoms with Crippen molar-refractivity contribution in [3.63, 3.8) is 0 Å². The average molecular weight is 327 g/mol. The van der Waals surface area contributed by atoms with Gasteiger partial charge in [-0.3, -0.25) is 9.59 Å². The second kappa shape index (κ2) is 6.37. The van der Waals surface area contributed by atoms with Gasteiger partial charge in [-0.15, -0.1) is 0 Å². The maximum atomic E-state index is 12.5. The number of rotatable bonds is 3. The van der Waals surface area contributed by atoms with E-state index in [-0.39, 0.29) is 22.9 Å². The van der Waals surface area contributed by atoms with Crippen molar-refractivity contribution < 1.29 is 4.79 Å². The lowest BCUT2D eigenvalue weighted by Crippen LogP contribution is -2.45. The molecule has 2 heterocycles. The molecule has 104 valence electrons. The highest BCUT2D eigenvalue weighted by atomic mass is 79.9. The van der Waals surface area contributed by atoms with Gasteiger partial charge in [0.15, 0.2) is 5.43 Å². The minimum atomic E-state index is -0.190. The largest absolute Gasteiger partial charge is 0.364 e. The van der Waals surface area contributed by atoms with E-state index in [9.17, 15) is 9.59 Å². The molecule has 1 atom stereocenters. The zero-order chi connectivity index (χ0) is 13.8. The fraction of sp³-hybridized carbons (Fsp3) is 0.571. The first-order valence-electron chi connectivity index (χ1n) is 6.69. The molecule has 1 fully saturated rings. The van der Waals surface area contributed by atoms with Gasteiger partial charge < -0.3 is 9.88 Å². The predicted octanol–water partition coefficient (Wildman–Crippen LogP) is 2.46. The molecular weight excluding hydrogens is 308 g/mol. The number of nitrogens with zero attached hydrogens (tertiary/aromatic N) is 1. The number of H-pyrrole nitrogens is 1. The molecule has 1 aliphatic rings. The lowest BCUT2D eigenvalue weighted by molar-refractivity contribution is 0.0608. The summed E-state index contributed by atoms with van der Waals surface area (Å²) in [4.78, 5) is 29.2. The van der Waals surface area contributed by atoms with Crippen molar-refractivity contribution >= 4 is 21.8 Å². The molecule has 0 saturated carbocycles. The van der Waals surface area contributed by atoms with Crippen LogP contribution >= 0.6 is 15.9 Å². The van der Waals surface area contributed by atoms with Gasteiger partial charge in [-0.1, -0.05) is 15.9 Å². The van der Waals surface area contributed by atoms with E-state index in [1.807, 2.05) is 11.8 Å². The van der Waals surface area contributed by atoms with Crippen molar-refractivity contribution in [3.05, 3.63) is 33.7 Å². The highest BCUT2D eigenvalue weighted by Crippen LogP contribution is 2.21. The van der Waals surface area contributed by atoms with Gasteiger partial charge >= 0.3 is 0 Å². The van der Waals surface area contributed by atoms with Crippen LogP contribution in [0.1, 0.15) is 41.7 Å². The Hall–Kier alpha value is -1.10. The highest BCUT2D eigenvalue weighted by molar-refractivity contribution is 9.09. The van der Waals surface area contributed by atoms with Crippen molar-refractivity contribution in [1.29, 1.82) is 0 Å². The summed E-state index contributed by atoms with van der Waals surface area (Å²) in [6, 6.07) is 1.73. The van der Waals surface area contributed by atoms with Crippen molar-refractivity contribution in [3.8, 4) is 0 Å². The normalized spacial score (nSPS) is 19.5. The van der Waals surface area contributed by atoms with E-state index in [4.69, 9.17) is 0 Å². The lowest BCUT2D eigenvalue weighted by atomic mass is 9.99. The third kappa shape index (κ3) is 3.26. The summed E-state index contributed by atoms with van der Waals surface area (Å²) in [7, 11) is 0. The van der Waals surface area contributed by atoms with Gasteiger partial charge in [-0.2, -0.15) is 0 Å². The van der Waals surface area contributed by atoms with Crippen molar-refractivity contribution in [2.24, 2.45) is 0 Å². The Morgan fingerprint density at radius 2 is 2.32 bits per heavy atom. The zero-order valence-corrected chi connectivity index (χ0v) is 12.7. The van der Waals surface area contributed by atoms with E-state index in [0.29, 0.717) is 0 Å². The van der Waals surface area contributed by atoms with Crippen molar-refractivity contribution in [2.45, 2.75) is 38.6 Å². The Bertz CT molecular complexity index is 510. The molecule has 1 amide bonds. The molecule has 1 aromatic rings. The Labute approximate surface area is 121 Å². The summed E-state index contributed by atoms with van der Waals surface area (Å²) < 4.78 is 0. The third-order valence-electron chi connectivity index (χ3n) is 3.62. The highest BCUT2D eigenvalue weighted by Gasteiger charge is 2.28. The summed E-state index contributed by atoms with van der Waals surface area (Å²) in [6.45, 7) is 2.56. The van der Waals surface area contributed by atoms with E-state index in [1.165, 1.54) is 6.07 Å². The second-order valence-electron chi connectivity index (χ2n) is 5.02. The molecule has 1 saturated heterocycles. The van der Waals surface area contributed by atoms with Crippen LogP contribution in [0, 0.1) is 6.92 Å². The lowest BCUT2D eigenvalue weighted by Gasteiger charge is -2.35. The van der Waals surface area contributed by atoms with Crippen LogP contribution in [-0.2, 0) is 0 Å². The van der Waals surface area contributed by atoms with Gasteiger partial charge in [0.1, 0.15) is 5.56 Å². The molecule has 1 N–H and O–H groups in total. The number of halogens is 1. The molecule has 0 spiro atoms. The Kier molecular flexibility index (Phi) is 4.80. The number of piperidine rings is 1. The fourth-order valence-electron chi connectivity index (χ4n) is 2.59. The molecule has 4 nitrogen and oxygen atoms in total. The maximum Gasteiger partial charge on any atom is 0.259 e. The molecule has 0 aliphatic carbocycles. The molecule has 19 heavy (non-hydrogen) atoms. The summed E-state index contributed by atoms with van der Waals surface area (Å²) >= 11 is 3.44. The first-order valence-corrected chi connectivity index (χ1v) is 7.82. The standard InChI is InChI=1S/C14H19BrN2O2/c1-10-8-13(18)12(9-16-10)14(19)17-7-3-2-4-11(17)5-6-15/h8-9,11H,2-7H2,1H3,(H,16,18). The van der Waals surface area contributed by atoms with Gasteiger partial charge in [0, 0.05) is 35.9 Å². The molecule has 0 aromatic carbocycles. The molecule has 1 aliphatic heterocycles. The molecule has 1 aromatic heterocycles. The summed E-state index contributed by atoms with van der Waals surface area (Å²) in [5.74, 6) is -0.132. The van der Waals surface area contributed by atoms with E-state index >= 15 is 0 Å². The van der Waals surface area contributed by atoms with Crippen molar-refractivity contribution in [2.75, 3.05) is 11.9 Å². The Morgan fingerprint density at radius 3 is 3.00 bits per heavy atom. The number of aryl methyl sites for hydroxylation is 1. The number of carbonyl (C=O) groups excluding carboxylic acids is 1. The molecule has 2 rings (SSSR count). The quantitative estimate of drug-likeness (QED) is 0.867. The minimum Gasteiger partial charge on any atom is -0.364 e. The second-order valence-corrected chi connectivity index (χ2v) is 5.81. The number of aromatic amines is 1. The average Bonchev–Trinajstić information content (AvgIpc) is 2.39. The number of hydrogen-bond acceptors (Lipinski definition) is 2. The summed E-state index contributed by atoms with van der Waals surface area (Å²) in [6.07, 6.45) is 5.69. The third-order valence-corrected chi connectivity index (χ3v) is 4.08. The monoisotopic (exact) mass is 326 g/mol. The Balaban J connectivity index is 2.23. The van der Waals surface area contributed by atoms with Crippen LogP contribution in [0.3, 0.4) is 0 Å². The first-order chi connectivity index (χ1) is 9.13. The van der Waals surface area contributed by atoms with Crippen LogP contribution in [0.5, 0.6) is 0 Å². The van der Waals surface area contributed by atoms with Crippen LogP contribution in [0.15, 0.2) is 17.1 Å². The first kappa shape index (κ1) is 14.3. The zero-order valence-electron chi connectivity index (χ0n) is 11.1. The molecule has 0 bridgehead atoms. The topological polar surface area (TPSA) is 53.2 Å². The number of likely N-dealkylation sites (tertiary alicyclic amines) is 1. The smallest absolute Gasteiger partial charge is 0.259 e. The predicted molar refractivity (Wildman–Crippen MR) is 78.9 cm³/mol. The molecular formula is C14H19BrN2O2. The molecule has 0 radical (unpaired) electrons. The fourth-order valence-corrected chi connectivity index (χ4v) is 3.12. The molecule has 5 heteroatoms. The van der Waals surface area contributed by atoms with Crippen LogP contribution in [0.4, 0.5) is 0 Å². The van der Waals surface area contributed by atoms with Crippen LogP contribution in [0.2, 0.25) is 0 Å². The summed E-state index contributed by atoms with van der Waals surface area (Å²) in [5, 5.41) is 0.881. The van der Waals surface area contributed by atoms with Crippen LogP contribution in [0.25, 0.3) is 0 Å². The Morgan fingerprint density at radius 1 is 1.53 bits per heavy atom. The molecule has 1 unspecified atom stereocenters. The number of nitrogens with one attached hydrogen (secondary N) is 1. The number of pyridine rings is 1. The van der Waals surface area contributed by atoms with E-state index in [0.717, 1.165) is 43.3 Å². The number of carbonyl (C=O) groups is 1.